The number of halogens is 1. The molecule has 9 heteroatoms. The van der Waals surface area contributed by atoms with Crippen molar-refractivity contribution >= 4 is 19.9 Å². The number of benzene rings is 1. The minimum absolute atomic E-state index is 0.285. The van der Waals surface area contributed by atoms with Crippen molar-refractivity contribution in [1.29, 1.82) is 0 Å². The van der Waals surface area contributed by atoms with Gasteiger partial charge in [-0.05, 0) is 18.2 Å². The summed E-state index contributed by atoms with van der Waals surface area (Å²) in [7, 11) is -5.69. The van der Waals surface area contributed by atoms with Gasteiger partial charge in [0.05, 0.1) is 12.0 Å². The van der Waals surface area contributed by atoms with E-state index in [4.69, 9.17) is 0 Å². The van der Waals surface area contributed by atoms with Gasteiger partial charge in [-0.25, -0.2) is 21.2 Å². The van der Waals surface area contributed by atoms with Gasteiger partial charge in [-0.1, -0.05) is 4.47 Å². The van der Waals surface area contributed by atoms with E-state index in [1.807, 2.05) is 0 Å². The van der Waals surface area contributed by atoms with Crippen molar-refractivity contribution in [1.82, 2.24) is 4.47 Å². The summed E-state index contributed by atoms with van der Waals surface area (Å²) in [4.78, 5) is 3.44. The third-order valence-corrected chi connectivity index (χ3v) is 5.01. The molecule has 0 aliphatic heterocycles. The van der Waals surface area contributed by atoms with Crippen LogP contribution in [0.15, 0.2) is 28.0 Å². The molecule has 0 aliphatic rings. The van der Waals surface area contributed by atoms with E-state index in [1.165, 1.54) is 0 Å². The quantitative estimate of drug-likeness (QED) is 0.594. The fourth-order valence-electron chi connectivity index (χ4n) is 1.15. The second-order valence-electron chi connectivity index (χ2n) is 3.46. The molecule has 1 rings (SSSR count). The van der Waals surface area contributed by atoms with Crippen molar-refractivity contribution in [2.24, 2.45) is 0 Å². The summed E-state index contributed by atoms with van der Waals surface area (Å²) >= 11 is 0. The first-order valence-corrected chi connectivity index (χ1v) is 7.96. The van der Waals surface area contributed by atoms with E-state index in [1.54, 1.807) is 0 Å². The molecule has 0 amide bonds. The molecule has 0 heterocycles. The zero-order valence-corrected chi connectivity index (χ0v) is 11.5. The lowest BCUT2D eigenvalue weighted by Gasteiger charge is -2.15. The Morgan fingerprint density at radius 1 is 1.22 bits per heavy atom. The smallest absolute Gasteiger partial charge is 0.267 e. The summed E-state index contributed by atoms with van der Waals surface area (Å²) in [5, 5.41) is 0. The maximum absolute atomic E-state index is 13.5. The Kier molecular flexibility index (Phi) is 4.11. The SMILES string of the molecule is CON(C)S(=O)(=O)c1cc(S(C)(=O)=O)ccc1F. The topological polar surface area (TPSA) is 80.8 Å². The molecule has 1 aromatic rings. The highest BCUT2D eigenvalue weighted by Gasteiger charge is 2.26. The monoisotopic (exact) mass is 297 g/mol. The van der Waals surface area contributed by atoms with Gasteiger partial charge in [0.1, 0.15) is 10.7 Å². The van der Waals surface area contributed by atoms with Crippen LogP contribution >= 0.6 is 0 Å². The van der Waals surface area contributed by atoms with Crippen molar-refractivity contribution in [3.8, 4) is 0 Å². The summed E-state index contributed by atoms with van der Waals surface area (Å²) in [5.41, 5.74) is 0. The van der Waals surface area contributed by atoms with Gasteiger partial charge in [0, 0.05) is 13.3 Å². The van der Waals surface area contributed by atoms with Gasteiger partial charge in [-0.3, -0.25) is 4.84 Å². The molecule has 18 heavy (non-hydrogen) atoms. The third-order valence-electron chi connectivity index (χ3n) is 2.20. The van der Waals surface area contributed by atoms with E-state index in [0.29, 0.717) is 4.47 Å². The van der Waals surface area contributed by atoms with Crippen molar-refractivity contribution in [2.75, 3.05) is 20.4 Å². The highest BCUT2D eigenvalue weighted by atomic mass is 32.2. The van der Waals surface area contributed by atoms with Crippen molar-refractivity contribution in [3.63, 3.8) is 0 Å². The molecule has 0 N–H and O–H groups in total. The predicted octanol–water partition coefficient (Wildman–Crippen LogP) is 0.411. The van der Waals surface area contributed by atoms with Crippen LogP contribution in [0.2, 0.25) is 0 Å². The summed E-state index contributed by atoms with van der Waals surface area (Å²) in [6.07, 6.45) is 0.899. The Balaban J connectivity index is 3.52. The summed E-state index contributed by atoms with van der Waals surface area (Å²) in [6, 6.07) is 2.54. The average molecular weight is 297 g/mol. The number of hydrogen-bond acceptors (Lipinski definition) is 5. The summed E-state index contributed by atoms with van der Waals surface area (Å²) in [6.45, 7) is 0. The molecule has 0 radical (unpaired) electrons. The molecular weight excluding hydrogens is 285 g/mol. The molecular formula is C9H12FNO5S2. The maximum atomic E-state index is 13.5. The number of rotatable bonds is 4. The predicted molar refractivity (Wildman–Crippen MR) is 61.5 cm³/mol. The van der Waals surface area contributed by atoms with Crippen LogP contribution in [-0.2, 0) is 24.7 Å². The largest absolute Gasteiger partial charge is 0.288 e. The van der Waals surface area contributed by atoms with Gasteiger partial charge in [-0.2, -0.15) is 0 Å². The van der Waals surface area contributed by atoms with E-state index < -0.39 is 30.6 Å². The average Bonchev–Trinajstić information content (AvgIpc) is 2.26. The van der Waals surface area contributed by atoms with E-state index in [0.717, 1.165) is 38.6 Å². The van der Waals surface area contributed by atoms with Crippen molar-refractivity contribution in [3.05, 3.63) is 24.0 Å². The Labute approximate surface area is 105 Å². The second kappa shape index (κ2) is 4.92. The first-order valence-electron chi connectivity index (χ1n) is 4.63. The minimum Gasteiger partial charge on any atom is -0.288 e. The van der Waals surface area contributed by atoms with E-state index in [-0.39, 0.29) is 4.90 Å². The van der Waals surface area contributed by atoms with Crippen LogP contribution in [0.3, 0.4) is 0 Å². The highest BCUT2D eigenvalue weighted by Crippen LogP contribution is 2.22. The molecule has 0 spiro atoms. The minimum atomic E-state index is -4.23. The number of hydrogen-bond donors (Lipinski definition) is 0. The molecule has 0 fully saturated rings. The molecule has 0 aromatic heterocycles. The van der Waals surface area contributed by atoms with Crippen LogP contribution in [0.5, 0.6) is 0 Å². The van der Waals surface area contributed by atoms with Crippen LogP contribution in [-0.4, -0.2) is 41.7 Å². The lowest BCUT2D eigenvalue weighted by atomic mass is 10.3. The highest BCUT2D eigenvalue weighted by molar-refractivity contribution is 7.91. The van der Waals surface area contributed by atoms with Crippen LogP contribution in [0.4, 0.5) is 4.39 Å². The Bertz CT molecular complexity index is 654. The first-order chi connectivity index (χ1) is 8.10. The fourth-order valence-corrected chi connectivity index (χ4v) is 2.93. The molecule has 0 unspecified atom stereocenters. The maximum Gasteiger partial charge on any atom is 0.267 e. The normalized spacial score (nSPS) is 12.9. The van der Waals surface area contributed by atoms with Gasteiger partial charge in [0.25, 0.3) is 10.0 Å². The Hall–Kier alpha value is -1.03. The van der Waals surface area contributed by atoms with Crippen molar-refractivity contribution in [2.45, 2.75) is 9.79 Å². The van der Waals surface area contributed by atoms with Crippen LogP contribution < -0.4 is 0 Å². The van der Waals surface area contributed by atoms with Gasteiger partial charge < -0.3 is 0 Å². The molecule has 0 bridgehead atoms. The molecule has 1 aromatic carbocycles. The van der Waals surface area contributed by atoms with Gasteiger partial charge >= 0.3 is 0 Å². The zero-order valence-electron chi connectivity index (χ0n) is 9.91. The summed E-state index contributed by atoms with van der Waals surface area (Å²) in [5.74, 6) is -1.05. The van der Waals surface area contributed by atoms with Crippen LogP contribution in [0.1, 0.15) is 0 Å². The Morgan fingerprint density at radius 3 is 2.22 bits per heavy atom. The zero-order chi connectivity index (χ0) is 14.1. The number of hydroxylamine groups is 1. The van der Waals surface area contributed by atoms with Gasteiger partial charge in [0.2, 0.25) is 0 Å². The number of sulfone groups is 1. The van der Waals surface area contributed by atoms with E-state index in [9.17, 15) is 21.2 Å². The standard InChI is InChI=1S/C9H12FNO5S2/c1-11(16-2)18(14,15)9-6-7(17(3,12)13)4-5-8(9)10/h4-6H,1-3H3. The lowest BCUT2D eigenvalue weighted by molar-refractivity contribution is -0.0260. The van der Waals surface area contributed by atoms with E-state index in [2.05, 4.69) is 4.84 Å². The fraction of sp³-hybridized carbons (Fsp3) is 0.333. The van der Waals surface area contributed by atoms with E-state index >= 15 is 0 Å². The Morgan fingerprint density at radius 2 is 1.78 bits per heavy atom. The van der Waals surface area contributed by atoms with Crippen LogP contribution in [0.25, 0.3) is 0 Å². The molecule has 0 aliphatic carbocycles. The van der Waals surface area contributed by atoms with Gasteiger partial charge in [0.15, 0.2) is 9.84 Å². The van der Waals surface area contributed by atoms with Crippen molar-refractivity contribution < 1.29 is 26.1 Å². The van der Waals surface area contributed by atoms with Crippen LogP contribution in [0, 0.1) is 5.82 Å². The number of sulfonamides is 1. The lowest BCUT2D eigenvalue weighted by Crippen LogP contribution is -2.26. The second-order valence-corrected chi connectivity index (χ2v) is 7.38. The first kappa shape index (κ1) is 15.0. The molecule has 0 atom stereocenters. The third kappa shape index (κ3) is 2.86. The van der Waals surface area contributed by atoms with Gasteiger partial charge in [-0.15, -0.1) is 0 Å². The molecule has 0 saturated heterocycles. The number of nitrogens with zero attached hydrogens (tertiary/aromatic N) is 1. The molecule has 102 valence electrons. The molecule has 0 saturated carbocycles. The summed E-state index contributed by atoms with van der Waals surface area (Å²) < 4.78 is 60.2. The molecule has 6 nitrogen and oxygen atoms in total.